The van der Waals surface area contributed by atoms with Crippen LogP contribution in [0.2, 0.25) is 0 Å². The van der Waals surface area contributed by atoms with Gasteiger partial charge in [0.25, 0.3) is 0 Å². The number of anilines is 1. The average Bonchev–Trinajstić information content (AvgIpc) is 2.79. The predicted octanol–water partition coefficient (Wildman–Crippen LogP) is 1.55. The van der Waals surface area contributed by atoms with E-state index in [0.29, 0.717) is 19.5 Å². The molecule has 1 aromatic carbocycles. The first-order chi connectivity index (χ1) is 8.79. The quantitative estimate of drug-likeness (QED) is 0.867. The number of benzene rings is 1. The summed E-state index contributed by atoms with van der Waals surface area (Å²) in [4.78, 5) is 18.2. The fraction of sp³-hybridized carbons (Fsp3) is 0.286. The van der Waals surface area contributed by atoms with Crippen molar-refractivity contribution in [1.82, 2.24) is 4.98 Å². The summed E-state index contributed by atoms with van der Waals surface area (Å²) in [6, 6.07) is 9.78. The molecule has 0 bridgehead atoms. The van der Waals surface area contributed by atoms with Crippen molar-refractivity contribution in [3.63, 3.8) is 0 Å². The first-order valence-electron chi connectivity index (χ1n) is 6.14. The molecule has 1 unspecified atom stereocenters. The lowest BCUT2D eigenvalue weighted by atomic mass is 10.1. The standard InChI is InChI=1S/C14H15N3O/c15-8-10-7-14(18)17(9-10)13-5-6-16-12-4-2-1-3-11(12)13/h1-6,10H,7-9,15H2. The van der Waals surface area contributed by atoms with Gasteiger partial charge in [0.15, 0.2) is 0 Å². The number of fused-ring (bicyclic) bond motifs is 1. The maximum Gasteiger partial charge on any atom is 0.227 e. The Hall–Kier alpha value is -1.94. The van der Waals surface area contributed by atoms with Crippen LogP contribution in [0.4, 0.5) is 5.69 Å². The molecule has 0 aliphatic carbocycles. The topological polar surface area (TPSA) is 59.2 Å². The van der Waals surface area contributed by atoms with E-state index in [4.69, 9.17) is 5.73 Å². The Bertz CT molecular complexity index is 591. The molecule has 1 fully saturated rings. The van der Waals surface area contributed by atoms with Gasteiger partial charge in [0.1, 0.15) is 0 Å². The van der Waals surface area contributed by atoms with E-state index in [1.165, 1.54) is 0 Å². The largest absolute Gasteiger partial charge is 0.330 e. The summed E-state index contributed by atoms with van der Waals surface area (Å²) in [5.74, 6) is 0.422. The molecule has 0 saturated carbocycles. The van der Waals surface area contributed by atoms with Crippen molar-refractivity contribution >= 4 is 22.5 Å². The van der Waals surface area contributed by atoms with E-state index in [2.05, 4.69) is 4.98 Å². The Morgan fingerprint density at radius 1 is 1.33 bits per heavy atom. The normalized spacial score (nSPS) is 19.7. The SMILES string of the molecule is NCC1CC(=O)N(c2ccnc3ccccc23)C1. The highest BCUT2D eigenvalue weighted by Crippen LogP contribution is 2.30. The molecular formula is C14H15N3O. The zero-order valence-electron chi connectivity index (χ0n) is 10.0. The van der Waals surface area contributed by atoms with Gasteiger partial charge in [-0.3, -0.25) is 9.78 Å². The van der Waals surface area contributed by atoms with Crippen LogP contribution in [-0.4, -0.2) is 24.0 Å². The number of carbonyl (C=O) groups excluding carboxylic acids is 1. The Kier molecular flexibility index (Phi) is 2.72. The maximum absolute atomic E-state index is 12.0. The summed E-state index contributed by atoms with van der Waals surface area (Å²) in [5.41, 5.74) is 7.52. The number of nitrogens with zero attached hydrogens (tertiary/aromatic N) is 2. The molecule has 1 saturated heterocycles. The van der Waals surface area contributed by atoms with Gasteiger partial charge in [-0.1, -0.05) is 18.2 Å². The highest BCUT2D eigenvalue weighted by atomic mass is 16.2. The number of carbonyl (C=O) groups is 1. The molecule has 0 radical (unpaired) electrons. The summed E-state index contributed by atoms with van der Waals surface area (Å²) >= 11 is 0. The lowest BCUT2D eigenvalue weighted by Gasteiger charge is -2.18. The molecule has 1 aromatic heterocycles. The van der Waals surface area contributed by atoms with Crippen LogP contribution in [0.5, 0.6) is 0 Å². The highest BCUT2D eigenvalue weighted by Gasteiger charge is 2.30. The molecular weight excluding hydrogens is 226 g/mol. The van der Waals surface area contributed by atoms with E-state index < -0.39 is 0 Å². The van der Waals surface area contributed by atoms with Crippen LogP contribution in [0, 0.1) is 5.92 Å². The maximum atomic E-state index is 12.0. The van der Waals surface area contributed by atoms with E-state index in [0.717, 1.165) is 16.6 Å². The van der Waals surface area contributed by atoms with Gasteiger partial charge in [-0.25, -0.2) is 0 Å². The van der Waals surface area contributed by atoms with Crippen LogP contribution in [-0.2, 0) is 4.79 Å². The van der Waals surface area contributed by atoms with Gasteiger partial charge in [0.2, 0.25) is 5.91 Å². The van der Waals surface area contributed by atoms with Gasteiger partial charge >= 0.3 is 0 Å². The highest BCUT2D eigenvalue weighted by molar-refractivity contribution is 6.03. The molecule has 2 aromatic rings. The Morgan fingerprint density at radius 2 is 2.17 bits per heavy atom. The average molecular weight is 241 g/mol. The third-order valence-electron chi connectivity index (χ3n) is 3.46. The number of aromatic nitrogens is 1. The van der Waals surface area contributed by atoms with Crippen molar-refractivity contribution < 1.29 is 4.79 Å². The molecule has 92 valence electrons. The first kappa shape index (κ1) is 11.2. The molecule has 1 aliphatic heterocycles. The van der Waals surface area contributed by atoms with E-state index in [1.807, 2.05) is 35.2 Å². The first-order valence-corrected chi connectivity index (χ1v) is 6.14. The van der Waals surface area contributed by atoms with Crippen molar-refractivity contribution in [3.05, 3.63) is 36.5 Å². The molecule has 1 amide bonds. The number of hydrogen-bond donors (Lipinski definition) is 1. The summed E-state index contributed by atoms with van der Waals surface area (Å²) in [5, 5.41) is 1.02. The number of para-hydroxylation sites is 1. The summed E-state index contributed by atoms with van der Waals surface area (Å²) in [7, 11) is 0. The third kappa shape index (κ3) is 1.75. The van der Waals surface area contributed by atoms with E-state index in [-0.39, 0.29) is 11.8 Å². The van der Waals surface area contributed by atoms with Crippen molar-refractivity contribution in [2.24, 2.45) is 11.7 Å². The lowest BCUT2D eigenvalue weighted by molar-refractivity contribution is -0.117. The van der Waals surface area contributed by atoms with Gasteiger partial charge in [-0.05, 0) is 24.6 Å². The van der Waals surface area contributed by atoms with Crippen LogP contribution >= 0.6 is 0 Å². The fourth-order valence-corrected chi connectivity index (χ4v) is 2.49. The molecule has 3 rings (SSSR count). The molecule has 4 heteroatoms. The monoisotopic (exact) mass is 241 g/mol. The molecule has 2 N–H and O–H groups in total. The van der Waals surface area contributed by atoms with Crippen molar-refractivity contribution in [3.8, 4) is 0 Å². The minimum absolute atomic E-state index is 0.154. The molecule has 4 nitrogen and oxygen atoms in total. The summed E-state index contributed by atoms with van der Waals surface area (Å²) < 4.78 is 0. The number of pyridine rings is 1. The van der Waals surface area contributed by atoms with E-state index in [9.17, 15) is 4.79 Å². The van der Waals surface area contributed by atoms with Gasteiger partial charge in [-0.15, -0.1) is 0 Å². The van der Waals surface area contributed by atoms with Gasteiger partial charge in [0, 0.05) is 24.5 Å². The van der Waals surface area contributed by atoms with E-state index in [1.54, 1.807) is 6.20 Å². The van der Waals surface area contributed by atoms with Crippen LogP contribution in [0.15, 0.2) is 36.5 Å². The third-order valence-corrected chi connectivity index (χ3v) is 3.46. The fourth-order valence-electron chi connectivity index (χ4n) is 2.49. The predicted molar refractivity (Wildman–Crippen MR) is 71.3 cm³/mol. The Labute approximate surface area is 105 Å². The van der Waals surface area contributed by atoms with Crippen molar-refractivity contribution in [2.75, 3.05) is 18.0 Å². The number of hydrogen-bond acceptors (Lipinski definition) is 3. The number of rotatable bonds is 2. The van der Waals surface area contributed by atoms with Crippen LogP contribution in [0.3, 0.4) is 0 Å². The Balaban J connectivity index is 2.07. The minimum Gasteiger partial charge on any atom is -0.330 e. The van der Waals surface area contributed by atoms with Crippen LogP contribution in [0.1, 0.15) is 6.42 Å². The Morgan fingerprint density at radius 3 is 2.94 bits per heavy atom. The molecule has 2 heterocycles. The molecule has 0 spiro atoms. The van der Waals surface area contributed by atoms with Gasteiger partial charge in [0.05, 0.1) is 11.2 Å². The summed E-state index contributed by atoms with van der Waals surface area (Å²) in [6.07, 6.45) is 2.30. The summed E-state index contributed by atoms with van der Waals surface area (Å²) in [6.45, 7) is 1.27. The number of amides is 1. The second kappa shape index (κ2) is 4.38. The van der Waals surface area contributed by atoms with Crippen LogP contribution in [0.25, 0.3) is 10.9 Å². The second-order valence-electron chi connectivity index (χ2n) is 4.66. The molecule has 1 aliphatic rings. The zero-order valence-corrected chi connectivity index (χ0v) is 10.0. The molecule has 18 heavy (non-hydrogen) atoms. The van der Waals surface area contributed by atoms with Crippen LogP contribution < -0.4 is 10.6 Å². The van der Waals surface area contributed by atoms with Crippen molar-refractivity contribution in [1.29, 1.82) is 0 Å². The number of nitrogens with two attached hydrogens (primary N) is 1. The second-order valence-corrected chi connectivity index (χ2v) is 4.66. The van der Waals surface area contributed by atoms with Gasteiger partial charge < -0.3 is 10.6 Å². The zero-order chi connectivity index (χ0) is 12.5. The molecule has 1 atom stereocenters. The van der Waals surface area contributed by atoms with Crippen molar-refractivity contribution in [2.45, 2.75) is 6.42 Å². The lowest BCUT2D eigenvalue weighted by Crippen LogP contribution is -2.25. The van der Waals surface area contributed by atoms with E-state index >= 15 is 0 Å². The minimum atomic E-state index is 0.154. The van der Waals surface area contributed by atoms with Gasteiger partial charge in [-0.2, -0.15) is 0 Å². The smallest absolute Gasteiger partial charge is 0.227 e.